The highest BCUT2D eigenvalue weighted by Crippen LogP contribution is 2.27. The van der Waals surface area contributed by atoms with E-state index in [9.17, 15) is 14.0 Å². The first-order valence-electron chi connectivity index (χ1n) is 14.2. The summed E-state index contributed by atoms with van der Waals surface area (Å²) in [6.45, 7) is 3.84. The van der Waals surface area contributed by atoms with E-state index in [1.54, 1.807) is 23.1 Å². The fourth-order valence-electron chi connectivity index (χ4n) is 5.89. The van der Waals surface area contributed by atoms with Gasteiger partial charge in [0.25, 0.3) is 0 Å². The molecule has 0 saturated carbocycles. The van der Waals surface area contributed by atoms with E-state index in [0.717, 1.165) is 42.6 Å². The third-order valence-electron chi connectivity index (χ3n) is 8.13. The van der Waals surface area contributed by atoms with E-state index >= 15 is 0 Å². The van der Waals surface area contributed by atoms with E-state index in [4.69, 9.17) is 16.3 Å². The number of carbonyl (C=O) groups is 2. The number of piperazine rings is 1. The zero-order valence-corrected chi connectivity index (χ0v) is 23.8. The molecule has 0 bridgehead atoms. The van der Waals surface area contributed by atoms with Gasteiger partial charge in [0.1, 0.15) is 11.9 Å². The number of halogens is 2. The first-order chi connectivity index (χ1) is 20.4. The molecule has 1 N–H and O–H groups in total. The van der Waals surface area contributed by atoms with E-state index in [1.165, 1.54) is 12.1 Å². The van der Waals surface area contributed by atoms with Crippen molar-refractivity contribution in [2.75, 3.05) is 49.5 Å². The standard InChI is InChI=1S/C33H32ClFN4O3/c34-26-8-5-9-27(21-26)37-16-18-38(19-17-37)30-14-15-39(33(41)36-29-11-4-3-10-28(29)35)22-31(30)42-32(40)25-13-12-23-6-1-2-7-24(23)20-25/h1-13,20-21,30-31H,14-19,22H2,(H,36,41)/t30-,31-/m1/s1. The van der Waals surface area contributed by atoms with Crippen LogP contribution in [0, 0.1) is 5.82 Å². The highest BCUT2D eigenvalue weighted by atomic mass is 35.5. The first kappa shape index (κ1) is 28.0. The molecule has 0 spiro atoms. The van der Waals surface area contributed by atoms with Crippen molar-refractivity contribution in [1.29, 1.82) is 0 Å². The Morgan fingerprint density at radius 1 is 0.833 bits per heavy atom. The van der Waals surface area contributed by atoms with Gasteiger partial charge in [-0.3, -0.25) is 4.90 Å². The van der Waals surface area contributed by atoms with Gasteiger partial charge < -0.3 is 19.9 Å². The number of urea groups is 1. The number of esters is 1. The van der Waals surface area contributed by atoms with Crippen molar-refractivity contribution in [3.05, 3.63) is 107 Å². The number of carbonyl (C=O) groups excluding carboxylic acids is 2. The van der Waals surface area contributed by atoms with E-state index in [0.29, 0.717) is 23.6 Å². The number of nitrogens with zero attached hydrogens (tertiary/aromatic N) is 3. The number of hydrogen-bond donors (Lipinski definition) is 1. The quantitative estimate of drug-likeness (QED) is 0.279. The van der Waals surface area contributed by atoms with Gasteiger partial charge in [-0.15, -0.1) is 0 Å². The van der Waals surface area contributed by atoms with E-state index in [2.05, 4.69) is 21.2 Å². The minimum atomic E-state index is -0.554. The number of para-hydroxylation sites is 1. The lowest BCUT2D eigenvalue weighted by molar-refractivity contribution is -0.0302. The van der Waals surface area contributed by atoms with Crippen molar-refractivity contribution in [2.24, 2.45) is 0 Å². The van der Waals surface area contributed by atoms with Gasteiger partial charge in [0.05, 0.1) is 23.8 Å². The minimum absolute atomic E-state index is 0.0616. The van der Waals surface area contributed by atoms with Crippen molar-refractivity contribution >= 4 is 45.7 Å². The maximum absolute atomic E-state index is 14.2. The fourth-order valence-corrected chi connectivity index (χ4v) is 6.07. The molecule has 216 valence electrons. The molecule has 0 aromatic heterocycles. The number of likely N-dealkylation sites (tertiary alicyclic amines) is 1. The summed E-state index contributed by atoms with van der Waals surface area (Å²) in [6.07, 6.45) is 0.0687. The molecule has 2 saturated heterocycles. The lowest BCUT2D eigenvalue weighted by Gasteiger charge is -2.46. The summed E-state index contributed by atoms with van der Waals surface area (Å²) in [5, 5.41) is 5.37. The summed E-state index contributed by atoms with van der Waals surface area (Å²) in [7, 11) is 0. The van der Waals surface area contributed by atoms with Gasteiger partial charge in [0, 0.05) is 43.4 Å². The average Bonchev–Trinajstić information content (AvgIpc) is 3.02. The normalized spacial score (nSPS) is 19.5. The van der Waals surface area contributed by atoms with Gasteiger partial charge in [-0.25, -0.2) is 14.0 Å². The molecule has 4 aromatic rings. The number of anilines is 2. The number of fused-ring (bicyclic) bond motifs is 1. The molecule has 0 radical (unpaired) electrons. The second-order valence-electron chi connectivity index (χ2n) is 10.7. The topological polar surface area (TPSA) is 65.1 Å². The molecular weight excluding hydrogens is 555 g/mol. The predicted molar refractivity (Wildman–Crippen MR) is 164 cm³/mol. The van der Waals surface area contributed by atoms with Crippen molar-refractivity contribution in [2.45, 2.75) is 18.6 Å². The van der Waals surface area contributed by atoms with Crippen molar-refractivity contribution in [3.8, 4) is 0 Å². The Hall–Kier alpha value is -4.14. The maximum Gasteiger partial charge on any atom is 0.338 e. The predicted octanol–water partition coefficient (Wildman–Crippen LogP) is 6.29. The molecule has 4 aromatic carbocycles. The van der Waals surface area contributed by atoms with Gasteiger partial charge in [-0.1, -0.05) is 60.1 Å². The minimum Gasteiger partial charge on any atom is -0.455 e. The highest BCUT2D eigenvalue weighted by molar-refractivity contribution is 6.30. The largest absolute Gasteiger partial charge is 0.455 e. The Balaban J connectivity index is 1.18. The molecule has 2 aliphatic heterocycles. The number of rotatable bonds is 5. The summed E-state index contributed by atoms with van der Waals surface area (Å²) in [6, 6.07) is 26.8. The number of piperidine rings is 1. The molecule has 2 atom stereocenters. The van der Waals surface area contributed by atoms with Gasteiger partial charge >= 0.3 is 12.0 Å². The Morgan fingerprint density at radius 2 is 1.60 bits per heavy atom. The Morgan fingerprint density at radius 3 is 2.38 bits per heavy atom. The number of benzene rings is 4. The lowest BCUT2D eigenvalue weighted by atomic mass is 9.98. The van der Waals surface area contributed by atoms with Crippen LogP contribution in [0.5, 0.6) is 0 Å². The van der Waals surface area contributed by atoms with E-state index in [-0.39, 0.29) is 18.3 Å². The smallest absolute Gasteiger partial charge is 0.338 e. The number of amides is 2. The summed E-state index contributed by atoms with van der Waals surface area (Å²) in [5.74, 6) is -0.928. The van der Waals surface area contributed by atoms with Crippen molar-refractivity contribution < 1.29 is 18.7 Å². The molecule has 2 heterocycles. The zero-order chi connectivity index (χ0) is 29.1. The lowest BCUT2D eigenvalue weighted by Crippen LogP contribution is -2.60. The molecular formula is C33H32ClFN4O3. The summed E-state index contributed by atoms with van der Waals surface area (Å²) < 4.78 is 20.4. The molecule has 2 aliphatic rings. The third kappa shape index (κ3) is 6.20. The monoisotopic (exact) mass is 586 g/mol. The SMILES string of the molecule is O=C(O[C@@H]1CN(C(=O)Nc2ccccc2F)CC[C@H]1N1CCN(c2cccc(Cl)c2)CC1)c1ccc2ccccc2c1. The van der Waals surface area contributed by atoms with Crippen LogP contribution >= 0.6 is 11.6 Å². The molecule has 9 heteroatoms. The van der Waals surface area contributed by atoms with Crippen LogP contribution in [0.15, 0.2) is 91.0 Å². The fraction of sp³-hybridized carbons (Fsp3) is 0.273. The highest BCUT2D eigenvalue weighted by Gasteiger charge is 2.39. The molecule has 42 heavy (non-hydrogen) atoms. The Bertz CT molecular complexity index is 1590. The number of hydrogen-bond acceptors (Lipinski definition) is 5. The van der Waals surface area contributed by atoms with Crippen LogP contribution < -0.4 is 10.2 Å². The van der Waals surface area contributed by atoms with Crippen LogP contribution in [-0.4, -0.2) is 73.2 Å². The molecule has 0 unspecified atom stereocenters. The van der Waals surface area contributed by atoms with E-state index < -0.39 is 23.9 Å². The van der Waals surface area contributed by atoms with Crippen LogP contribution in [0.4, 0.5) is 20.6 Å². The molecule has 6 rings (SSSR count). The first-order valence-corrected chi connectivity index (χ1v) is 14.6. The second kappa shape index (κ2) is 12.4. The van der Waals surface area contributed by atoms with Crippen LogP contribution in [0.25, 0.3) is 10.8 Å². The average molecular weight is 587 g/mol. The van der Waals surface area contributed by atoms with Gasteiger partial charge in [0.15, 0.2) is 0 Å². The number of nitrogens with one attached hydrogen (secondary N) is 1. The molecule has 0 aliphatic carbocycles. The zero-order valence-electron chi connectivity index (χ0n) is 23.1. The summed E-state index contributed by atoms with van der Waals surface area (Å²) in [4.78, 5) is 32.8. The van der Waals surface area contributed by atoms with Gasteiger partial charge in [-0.2, -0.15) is 0 Å². The second-order valence-corrected chi connectivity index (χ2v) is 11.2. The van der Waals surface area contributed by atoms with Gasteiger partial charge in [0.2, 0.25) is 0 Å². The van der Waals surface area contributed by atoms with E-state index in [1.807, 2.05) is 54.6 Å². The maximum atomic E-state index is 14.2. The van der Waals surface area contributed by atoms with Crippen LogP contribution in [-0.2, 0) is 4.74 Å². The Kier molecular flexibility index (Phi) is 8.26. The van der Waals surface area contributed by atoms with Gasteiger partial charge in [-0.05, 0) is 59.7 Å². The molecule has 2 amide bonds. The van der Waals surface area contributed by atoms with Crippen LogP contribution in [0.1, 0.15) is 16.8 Å². The third-order valence-corrected chi connectivity index (χ3v) is 8.36. The van der Waals surface area contributed by atoms with Crippen molar-refractivity contribution in [3.63, 3.8) is 0 Å². The molecule has 7 nitrogen and oxygen atoms in total. The van der Waals surface area contributed by atoms with Crippen LogP contribution in [0.2, 0.25) is 5.02 Å². The Labute approximate surface area is 249 Å². The summed E-state index contributed by atoms with van der Waals surface area (Å²) >= 11 is 6.22. The van der Waals surface area contributed by atoms with Crippen LogP contribution in [0.3, 0.4) is 0 Å². The molecule has 2 fully saturated rings. The number of ether oxygens (including phenoxy) is 1. The summed E-state index contributed by atoms with van der Waals surface area (Å²) in [5.41, 5.74) is 1.67. The van der Waals surface area contributed by atoms with Crippen molar-refractivity contribution in [1.82, 2.24) is 9.80 Å².